The Morgan fingerprint density at radius 3 is 2.64 bits per heavy atom. The van der Waals surface area contributed by atoms with Gasteiger partial charge in [-0.05, 0) is 7.05 Å². The third kappa shape index (κ3) is 5.69. The number of aliphatic hydroxyl groups excluding tert-OH is 1. The highest BCUT2D eigenvalue weighted by molar-refractivity contribution is 5.86. The van der Waals surface area contributed by atoms with E-state index in [1.165, 1.54) is 7.11 Å². The van der Waals surface area contributed by atoms with Crippen LogP contribution in [0.3, 0.4) is 0 Å². The first-order valence-electron chi connectivity index (χ1n) is 4.24. The summed E-state index contributed by atoms with van der Waals surface area (Å²) in [5.74, 6) is -1.02. The van der Waals surface area contributed by atoms with E-state index in [9.17, 15) is 9.90 Å². The van der Waals surface area contributed by atoms with E-state index in [2.05, 4.69) is 6.58 Å². The van der Waals surface area contributed by atoms with E-state index in [0.29, 0.717) is 6.54 Å². The minimum atomic E-state index is -1.02. The molecule has 0 saturated carbocycles. The van der Waals surface area contributed by atoms with Gasteiger partial charge in [-0.3, -0.25) is 4.90 Å². The van der Waals surface area contributed by atoms with Crippen LogP contribution in [-0.2, 0) is 9.53 Å². The molecule has 1 unspecified atom stereocenters. The van der Waals surface area contributed by atoms with Gasteiger partial charge in [-0.1, -0.05) is 6.58 Å². The zero-order valence-electron chi connectivity index (χ0n) is 8.56. The zero-order valence-corrected chi connectivity index (χ0v) is 8.56. The largest absolute Gasteiger partial charge is 0.478 e. The molecule has 0 rings (SSSR count). The van der Waals surface area contributed by atoms with Crippen molar-refractivity contribution in [1.29, 1.82) is 0 Å². The van der Waals surface area contributed by atoms with Gasteiger partial charge in [0.25, 0.3) is 0 Å². The van der Waals surface area contributed by atoms with E-state index in [1.54, 1.807) is 11.9 Å². The number of methoxy groups -OCH3 is 1. The number of nitrogens with zero attached hydrogens (tertiary/aromatic N) is 1. The first kappa shape index (κ1) is 13.1. The van der Waals surface area contributed by atoms with Crippen molar-refractivity contribution in [3.05, 3.63) is 12.2 Å². The van der Waals surface area contributed by atoms with Gasteiger partial charge in [0.2, 0.25) is 0 Å². The minimum Gasteiger partial charge on any atom is -0.478 e. The van der Waals surface area contributed by atoms with E-state index in [0.717, 1.165) is 0 Å². The lowest BCUT2D eigenvalue weighted by Gasteiger charge is -2.19. The summed E-state index contributed by atoms with van der Waals surface area (Å²) in [7, 11) is 3.21. The molecule has 0 aromatic heterocycles. The van der Waals surface area contributed by atoms with Gasteiger partial charge in [-0.2, -0.15) is 0 Å². The van der Waals surface area contributed by atoms with Gasteiger partial charge in [0.05, 0.1) is 12.7 Å². The third-order valence-corrected chi connectivity index (χ3v) is 1.64. The minimum absolute atomic E-state index is 0.108. The summed E-state index contributed by atoms with van der Waals surface area (Å²) >= 11 is 0. The quantitative estimate of drug-likeness (QED) is 0.549. The number of likely N-dealkylation sites (N-methyl/N-ethyl adjacent to an activating group) is 1. The number of hydrogen-bond donors (Lipinski definition) is 2. The van der Waals surface area contributed by atoms with Crippen molar-refractivity contribution < 1.29 is 19.7 Å². The van der Waals surface area contributed by atoms with Crippen LogP contribution < -0.4 is 0 Å². The van der Waals surface area contributed by atoms with Crippen molar-refractivity contribution in [2.24, 2.45) is 0 Å². The molecule has 0 radical (unpaired) electrons. The van der Waals surface area contributed by atoms with Crippen molar-refractivity contribution in [2.75, 3.05) is 33.9 Å². The molecule has 0 amide bonds. The Bertz CT molecular complexity index is 205. The Balaban J connectivity index is 3.80. The Labute approximate surface area is 83.6 Å². The van der Waals surface area contributed by atoms with Crippen LogP contribution >= 0.6 is 0 Å². The molecule has 0 fully saturated rings. The number of aliphatic hydroxyl groups is 1. The fourth-order valence-corrected chi connectivity index (χ4v) is 1.06. The Hall–Kier alpha value is -0.910. The SMILES string of the molecule is C=C(CN(C)CC(O)COC)C(=O)O. The molecule has 14 heavy (non-hydrogen) atoms. The standard InChI is InChI=1S/C9H17NO4/c1-7(9(12)13)4-10(2)5-8(11)6-14-3/h8,11H,1,4-6H2,2-3H3,(H,12,13). The zero-order chi connectivity index (χ0) is 11.1. The summed E-state index contributed by atoms with van der Waals surface area (Å²) in [5.41, 5.74) is 0.108. The monoisotopic (exact) mass is 203 g/mol. The average molecular weight is 203 g/mol. The van der Waals surface area contributed by atoms with Gasteiger partial charge in [0, 0.05) is 25.8 Å². The second kappa shape index (κ2) is 6.53. The normalized spacial score (nSPS) is 12.9. The lowest BCUT2D eigenvalue weighted by atomic mass is 10.2. The van der Waals surface area contributed by atoms with Crippen molar-refractivity contribution >= 4 is 5.97 Å². The number of rotatable bonds is 7. The maximum absolute atomic E-state index is 10.4. The average Bonchev–Trinajstić information content (AvgIpc) is 2.03. The summed E-state index contributed by atoms with van der Waals surface area (Å²) in [6.07, 6.45) is -0.605. The van der Waals surface area contributed by atoms with Crippen LogP contribution in [-0.4, -0.2) is 61.0 Å². The predicted molar refractivity (Wildman–Crippen MR) is 52.2 cm³/mol. The maximum atomic E-state index is 10.4. The number of carbonyl (C=O) groups is 1. The van der Waals surface area contributed by atoms with Gasteiger partial charge in [-0.15, -0.1) is 0 Å². The molecule has 0 saturated heterocycles. The van der Waals surface area contributed by atoms with Crippen molar-refractivity contribution in [2.45, 2.75) is 6.10 Å². The molecule has 0 heterocycles. The molecule has 2 N–H and O–H groups in total. The lowest BCUT2D eigenvalue weighted by Crippen LogP contribution is -2.34. The van der Waals surface area contributed by atoms with E-state index in [1.807, 2.05) is 0 Å². The van der Waals surface area contributed by atoms with Crippen LogP contribution in [0.5, 0.6) is 0 Å². The van der Waals surface area contributed by atoms with Gasteiger partial charge in [-0.25, -0.2) is 4.79 Å². The predicted octanol–water partition coefficient (Wildman–Crippen LogP) is -0.434. The first-order chi connectivity index (χ1) is 6.47. The summed E-state index contributed by atoms with van der Waals surface area (Å²) in [6, 6.07) is 0. The lowest BCUT2D eigenvalue weighted by molar-refractivity contribution is -0.132. The summed E-state index contributed by atoms with van der Waals surface area (Å²) < 4.78 is 4.74. The van der Waals surface area contributed by atoms with Crippen molar-refractivity contribution in [3.8, 4) is 0 Å². The van der Waals surface area contributed by atoms with Crippen molar-refractivity contribution in [1.82, 2.24) is 4.90 Å². The van der Waals surface area contributed by atoms with E-state index < -0.39 is 12.1 Å². The second-order valence-corrected chi connectivity index (χ2v) is 3.21. The molecule has 5 nitrogen and oxygen atoms in total. The molecule has 5 heteroatoms. The molecule has 0 aromatic carbocycles. The third-order valence-electron chi connectivity index (χ3n) is 1.64. The molecular formula is C9H17NO4. The molecule has 0 aliphatic carbocycles. The number of carboxylic acid groups (broad SMARTS) is 1. The molecule has 0 bridgehead atoms. The van der Waals surface area contributed by atoms with Crippen LogP contribution in [0.15, 0.2) is 12.2 Å². The number of ether oxygens (including phenoxy) is 1. The summed E-state index contributed by atoms with van der Waals surface area (Å²) in [6.45, 7) is 4.23. The molecular weight excluding hydrogens is 186 g/mol. The van der Waals surface area contributed by atoms with Crippen LogP contribution in [0.4, 0.5) is 0 Å². The van der Waals surface area contributed by atoms with Gasteiger partial charge in [0.1, 0.15) is 0 Å². The topological polar surface area (TPSA) is 70.0 Å². The number of aliphatic carboxylic acids is 1. The number of hydrogen-bond acceptors (Lipinski definition) is 4. The molecule has 0 aliphatic heterocycles. The highest BCUT2D eigenvalue weighted by atomic mass is 16.5. The number of carboxylic acids is 1. The summed E-state index contributed by atoms with van der Waals surface area (Å²) in [4.78, 5) is 12.1. The fraction of sp³-hybridized carbons (Fsp3) is 0.667. The molecule has 82 valence electrons. The van der Waals surface area contributed by atoms with E-state index in [-0.39, 0.29) is 18.7 Å². The van der Waals surface area contributed by atoms with Crippen LogP contribution in [0, 0.1) is 0 Å². The van der Waals surface area contributed by atoms with Gasteiger partial charge >= 0.3 is 5.97 Å². The van der Waals surface area contributed by atoms with Gasteiger partial charge in [0.15, 0.2) is 0 Å². The highest BCUT2D eigenvalue weighted by Crippen LogP contribution is 1.96. The first-order valence-corrected chi connectivity index (χ1v) is 4.24. The molecule has 1 atom stereocenters. The Kier molecular flexibility index (Phi) is 6.11. The maximum Gasteiger partial charge on any atom is 0.332 e. The molecule has 0 aliphatic rings. The Morgan fingerprint density at radius 2 is 2.21 bits per heavy atom. The van der Waals surface area contributed by atoms with Crippen molar-refractivity contribution in [3.63, 3.8) is 0 Å². The fourth-order valence-electron chi connectivity index (χ4n) is 1.06. The van der Waals surface area contributed by atoms with Crippen LogP contribution in [0.2, 0.25) is 0 Å². The van der Waals surface area contributed by atoms with Crippen LogP contribution in [0.1, 0.15) is 0 Å². The van der Waals surface area contributed by atoms with Crippen LogP contribution in [0.25, 0.3) is 0 Å². The van der Waals surface area contributed by atoms with E-state index >= 15 is 0 Å². The Morgan fingerprint density at radius 1 is 1.64 bits per heavy atom. The molecule has 0 aromatic rings. The van der Waals surface area contributed by atoms with E-state index in [4.69, 9.17) is 9.84 Å². The second-order valence-electron chi connectivity index (χ2n) is 3.21. The molecule has 0 spiro atoms. The van der Waals surface area contributed by atoms with Gasteiger partial charge < -0.3 is 14.9 Å². The summed E-state index contributed by atoms with van der Waals surface area (Å²) in [5, 5.41) is 17.9. The highest BCUT2D eigenvalue weighted by Gasteiger charge is 2.11. The smallest absolute Gasteiger partial charge is 0.332 e.